The number of hydrogen-bond acceptors (Lipinski definition) is 13. The maximum absolute atomic E-state index is 13.0. The lowest BCUT2D eigenvalue weighted by Gasteiger charge is -2.43. The molecule has 8 unspecified atom stereocenters. The highest BCUT2D eigenvalue weighted by Gasteiger charge is 2.54. The Morgan fingerprint density at radius 1 is 0.492 bits per heavy atom. The molecule has 16 nitrogen and oxygen atoms in total. The summed E-state index contributed by atoms with van der Waals surface area (Å²) in [4.78, 5) is 54.3. The molecule has 1 aliphatic rings. The Balaban J connectivity index is 2.58. The molecular formula is C45H86O16P2. The van der Waals surface area contributed by atoms with Gasteiger partial charge >= 0.3 is 27.6 Å². The first-order valence-corrected chi connectivity index (χ1v) is 27.3. The van der Waals surface area contributed by atoms with E-state index in [1.54, 1.807) is 0 Å². The minimum absolute atomic E-state index is 0.0491. The Kier molecular flexibility index (Phi) is 34.9. The van der Waals surface area contributed by atoms with Crippen molar-refractivity contribution in [1.82, 2.24) is 0 Å². The van der Waals surface area contributed by atoms with Crippen LogP contribution in [0, 0.1) is 0 Å². The van der Waals surface area contributed by atoms with Gasteiger partial charge in [0.05, 0.1) is 6.61 Å². The first-order valence-electron chi connectivity index (χ1n) is 24.2. The van der Waals surface area contributed by atoms with E-state index >= 15 is 0 Å². The first-order chi connectivity index (χ1) is 30.1. The lowest BCUT2D eigenvalue weighted by Crippen LogP contribution is -2.64. The van der Waals surface area contributed by atoms with E-state index in [9.17, 15) is 53.8 Å². The minimum atomic E-state index is -5.36. The van der Waals surface area contributed by atoms with Gasteiger partial charge in [-0.05, 0) is 38.5 Å². The molecule has 7 N–H and O–H groups in total. The van der Waals surface area contributed by atoms with Gasteiger partial charge in [-0.2, -0.15) is 0 Å². The van der Waals surface area contributed by atoms with Crippen LogP contribution >= 0.6 is 15.6 Å². The molecule has 0 bridgehead atoms. The van der Waals surface area contributed by atoms with E-state index in [0.29, 0.717) is 12.8 Å². The van der Waals surface area contributed by atoms with Gasteiger partial charge in [-0.15, -0.1) is 0 Å². The fourth-order valence-corrected chi connectivity index (χ4v) is 9.09. The smallest absolute Gasteiger partial charge is 0.462 e. The fourth-order valence-electron chi connectivity index (χ4n) is 7.55. The van der Waals surface area contributed by atoms with Gasteiger partial charge in [0.1, 0.15) is 43.2 Å². The van der Waals surface area contributed by atoms with E-state index in [4.69, 9.17) is 18.5 Å². The molecule has 0 spiro atoms. The molecule has 0 aromatic carbocycles. The van der Waals surface area contributed by atoms with Crippen LogP contribution in [0.4, 0.5) is 0 Å². The molecule has 0 aromatic rings. The normalized spacial score (nSPS) is 22.0. The SMILES string of the molecule is CCCCCCC=CCCCCCCCCCC(=O)OCC(COP(=O)(O)OC1C(O)C(O)C(O)C(OP(=O)(O)O)C1O)OC(=O)CCCCCCCCCCCCCCCCC. The van der Waals surface area contributed by atoms with Gasteiger partial charge in [-0.3, -0.25) is 23.2 Å². The standard InChI is InChI=1S/C45H86O16P2/c1-3-5-7-9-11-13-15-17-19-21-23-25-27-29-31-33-38(46)57-35-37(59-39(47)34-32-30-28-26-24-22-20-18-16-14-12-10-8-6-4-2)36-58-63(55,56)61-45-42(50)40(48)41(49)44(43(45)51)60-62(52,53)54/h13,15,37,40-45,48-51H,3-12,14,16-36H2,1-2H3,(H,55,56)(H2,52,53,54). The molecular weight excluding hydrogens is 858 g/mol. The lowest BCUT2D eigenvalue weighted by molar-refractivity contribution is -0.216. The number of esters is 2. The Labute approximate surface area is 378 Å². The highest BCUT2D eigenvalue weighted by Crippen LogP contribution is 2.49. The van der Waals surface area contributed by atoms with E-state index < -0.39 is 83.5 Å². The van der Waals surface area contributed by atoms with Crippen LogP contribution in [0.25, 0.3) is 0 Å². The van der Waals surface area contributed by atoms with Crippen molar-refractivity contribution in [3.63, 3.8) is 0 Å². The van der Waals surface area contributed by atoms with Gasteiger partial charge in [-0.1, -0.05) is 167 Å². The molecule has 1 saturated carbocycles. The molecule has 0 amide bonds. The minimum Gasteiger partial charge on any atom is -0.462 e. The van der Waals surface area contributed by atoms with Crippen molar-refractivity contribution in [3.05, 3.63) is 12.2 Å². The number of phosphoric ester groups is 2. The molecule has 18 heteroatoms. The number of phosphoric acid groups is 2. The van der Waals surface area contributed by atoms with E-state index in [1.807, 2.05) is 0 Å². The Morgan fingerprint density at radius 3 is 1.32 bits per heavy atom. The fraction of sp³-hybridized carbons (Fsp3) is 0.911. The van der Waals surface area contributed by atoms with Crippen molar-refractivity contribution in [3.8, 4) is 0 Å². The zero-order valence-electron chi connectivity index (χ0n) is 38.5. The Morgan fingerprint density at radius 2 is 0.873 bits per heavy atom. The zero-order chi connectivity index (χ0) is 46.8. The largest absolute Gasteiger partial charge is 0.472 e. The average molecular weight is 945 g/mol. The second kappa shape index (κ2) is 36.8. The van der Waals surface area contributed by atoms with Gasteiger partial charge < -0.3 is 44.6 Å². The summed E-state index contributed by atoms with van der Waals surface area (Å²) < 4.78 is 49.4. The van der Waals surface area contributed by atoms with Gasteiger partial charge in [0.25, 0.3) is 0 Å². The first kappa shape index (κ1) is 59.8. The van der Waals surface area contributed by atoms with Crippen molar-refractivity contribution < 1.29 is 76.9 Å². The summed E-state index contributed by atoms with van der Waals surface area (Å²) in [6.07, 6.45) is 21.6. The molecule has 0 saturated heterocycles. The number of carbonyl (C=O) groups is 2. The third-order valence-corrected chi connectivity index (χ3v) is 12.8. The van der Waals surface area contributed by atoms with E-state index in [0.717, 1.165) is 77.0 Å². The number of hydrogen-bond donors (Lipinski definition) is 7. The van der Waals surface area contributed by atoms with Gasteiger partial charge in [0.15, 0.2) is 6.10 Å². The summed E-state index contributed by atoms with van der Waals surface area (Å²) in [5.74, 6) is -1.20. The number of ether oxygens (including phenoxy) is 2. The average Bonchev–Trinajstić information content (AvgIpc) is 3.23. The van der Waals surface area contributed by atoms with Crippen LogP contribution in [-0.2, 0) is 41.8 Å². The molecule has 1 fully saturated rings. The van der Waals surface area contributed by atoms with E-state index in [1.165, 1.54) is 89.9 Å². The number of carbonyl (C=O) groups excluding carboxylic acids is 2. The van der Waals surface area contributed by atoms with Gasteiger partial charge in [0.2, 0.25) is 0 Å². The molecule has 63 heavy (non-hydrogen) atoms. The summed E-state index contributed by atoms with van der Waals surface area (Å²) in [6.45, 7) is 3.11. The van der Waals surface area contributed by atoms with Crippen LogP contribution in [0.15, 0.2) is 12.2 Å². The molecule has 0 aromatic heterocycles. The van der Waals surface area contributed by atoms with Crippen LogP contribution in [-0.4, -0.2) is 103 Å². The predicted molar refractivity (Wildman–Crippen MR) is 241 cm³/mol. The third kappa shape index (κ3) is 31.4. The predicted octanol–water partition coefficient (Wildman–Crippen LogP) is 9.18. The summed E-state index contributed by atoms with van der Waals surface area (Å²) in [5.41, 5.74) is 0. The highest BCUT2D eigenvalue weighted by atomic mass is 31.2. The Hall–Kier alpha value is -1.26. The molecule has 0 radical (unpaired) electrons. The Bertz CT molecular complexity index is 1280. The van der Waals surface area contributed by atoms with Gasteiger partial charge in [-0.25, -0.2) is 9.13 Å². The number of aliphatic hydroxyl groups excluding tert-OH is 4. The molecule has 372 valence electrons. The van der Waals surface area contributed by atoms with Crippen molar-refractivity contribution in [2.75, 3.05) is 13.2 Å². The summed E-state index contributed by atoms with van der Waals surface area (Å²) in [7, 11) is -10.7. The topological polar surface area (TPSA) is 256 Å². The van der Waals surface area contributed by atoms with Gasteiger partial charge in [0, 0.05) is 12.8 Å². The summed E-state index contributed by atoms with van der Waals surface area (Å²) in [5, 5.41) is 41.2. The number of unbranched alkanes of at least 4 members (excludes halogenated alkanes) is 25. The monoisotopic (exact) mass is 945 g/mol. The second-order valence-corrected chi connectivity index (χ2v) is 19.8. The van der Waals surface area contributed by atoms with Crippen LogP contribution in [0.5, 0.6) is 0 Å². The van der Waals surface area contributed by atoms with Crippen molar-refractivity contribution in [2.45, 2.75) is 249 Å². The molecule has 0 aliphatic heterocycles. The maximum atomic E-state index is 13.0. The van der Waals surface area contributed by atoms with Crippen LogP contribution in [0.2, 0.25) is 0 Å². The second-order valence-electron chi connectivity index (χ2n) is 17.2. The van der Waals surface area contributed by atoms with Crippen LogP contribution in [0.1, 0.15) is 206 Å². The van der Waals surface area contributed by atoms with Crippen molar-refractivity contribution in [2.24, 2.45) is 0 Å². The molecule has 8 atom stereocenters. The summed E-state index contributed by atoms with van der Waals surface area (Å²) >= 11 is 0. The summed E-state index contributed by atoms with van der Waals surface area (Å²) in [6, 6.07) is 0. The molecule has 0 heterocycles. The van der Waals surface area contributed by atoms with Crippen LogP contribution < -0.4 is 0 Å². The third-order valence-electron chi connectivity index (χ3n) is 11.3. The van der Waals surface area contributed by atoms with Crippen molar-refractivity contribution in [1.29, 1.82) is 0 Å². The maximum Gasteiger partial charge on any atom is 0.472 e. The quantitative estimate of drug-likeness (QED) is 0.0130. The zero-order valence-corrected chi connectivity index (χ0v) is 40.3. The highest BCUT2D eigenvalue weighted by molar-refractivity contribution is 7.47. The number of rotatable bonds is 41. The number of allylic oxidation sites excluding steroid dienone is 2. The van der Waals surface area contributed by atoms with Crippen LogP contribution in [0.3, 0.4) is 0 Å². The molecule has 1 aliphatic carbocycles. The lowest BCUT2D eigenvalue weighted by atomic mass is 9.85. The molecule has 1 rings (SSSR count). The van der Waals surface area contributed by atoms with Crippen molar-refractivity contribution >= 4 is 27.6 Å². The number of aliphatic hydroxyl groups is 4. The van der Waals surface area contributed by atoms with E-state index in [-0.39, 0.29) is 12.8 Å². The van der Waals surface area contributed by atoms with E-state index in [2.05, 4.69) is 30.5 Å².